The van der Waals surface area contributed by atoms with Gasteiger partial charge in [-0.1, -0.05) is 24.8 Å². The molecule has 0 bridgehead atoms. The van der Waals surface area contributed by atoms with Crippen LogP contribution in [0.1, 0.15) is 29.3 Å². The average molecular weight is 415 g/mol. The van der Waals surface area contributed by atoms with Crippen molar-refractivity contribution in [3.05, 3.63) is 40.5 Å². The molecule has 0 aliphatic heterocycles. The van der Waals surface area contributed by atoms with Crippen LogP contribution in [0.2, 0.25) is 0 Å². The Labute approximate surface area is 172 Å². The van der Waals surface area contributed by atoms with E-state index in [1.807, 2.05) is 19.1 Å². The highest BCUT2D eigenvalue weighted by molar-refractivity contribution is 8.00. The molecule has 0 radical (unpaired) electrons. The summed E-state index contributed by atoms with van der Waals surface area (Å²) in [5.41, 5.74) is 3.47. The molecular formula is C20H22N4O2S2. The number of fused-ring (bicyclic) bond motifs is 1. The van der Waals surface area contributed by atoms with Crippen molar-refractivity contribution in [2.24, 2.45) is 0 Å². The standard InChI is InChI=1S/C20H22N4O2S2/c1-5-16(25)24-15-8-14(7-6-11(15)2)23-17(26)9-27-19-18-12(3)13(4)28-20(18)22-10-21-19/h6-8,10H,5,9H2,1-4H3,(H,23,26)(H,24,25). The highest BCUT2D eigenvalue weighted by Gasteiger charge is 2.14. The van der Waals surface area contributed by atoms with E-state index in [2.05, 4.69) is 34.4 Å². The summed E-state index contributed by atoms with van der Waals surface area (Å²) >= 11 is 3.04. The first-order valence-electron chi connectivity index (χ1n) is 8.93. The van der Waals surface area contributed by atoms with Crippen molar-refractivity contribution in [2.45, 2.75) is 39.1 Å². The maximum Gasteiger partial charge on any atom is 0.234 e. The van der Waals surface area contributed by atoms with Gasteiger partial charge in [-0.25, -0.2) is 9.97 Å². The van der Waals surface area contributed by atoms with Crippen LogP contribution in [0.25, 0.3) is 10.2 Å². The van der Waals surface area contributed by atoms with Gasteiger partial charge in [0.05, 0.1) is 5.75 Å². The Kier molecular flexibility index (Phi) is 6.31. The minimum absolute atomic E-state index is 0.0589. The average Bonchev–Trinajstić information content (AvgIpc) is 2.97. The van der Waals surface area contributed by atoms with Crippen LogP contribution in [-0.4, -0.2) is 27.5 Å². The van der Waals surface area contributed by atoms with Gasteiger partial charge in [0, 0.05) is 28.1 Å². The third-order valence-electron chi connectivity index (χ3n) is 4.39. The molecule has 3 rings (SSSR count). The lowest BCUT2D eigenvalue weighted by Gasteiger charge is -2.11. The second kappa shape index (κ2) is 8.70. The Morgan fingerprint density at radius 1 is 1.11 bits per heavy atom. The zero-order valence-electron chi connectivity index (χ0n) is 16.3. The van der Waals surface area contributed by atoms with Crippen LogP contribution >= 0.6 is 23.1 Å². The lowest BCUT2D eigenvalue weighted by atomic mass is 10.1. The van der Waals surface area contributed by atoms with E-state index >= 15 is 0 Å². The Morgan fingerprint density at radius 3 is 2.64 bits per heavy atom. The minimum atomic E-state index is -0.127. The lowest BCUT2D eigenvalue weighted by Crippen LogP contribution is -2.15. The van der Waals surface area contributed by atoms with Crippen molar-refractivity contribution >= 4 is 56.5 Å². The van der Waals surface area contributed by atoms with E-state index in [4.69, 9.17) is 0 Å². The number of thioether (sulfide) groups is 1. The van der Waals surface area contributed by atoms with Gasteiger partial charge in [0.25, 0.3) is 0 Å². The fourth-order valence-corrected chi connectivity index (χ4v) is 4.58. The van der Waals surface area contributed by atoms with Crippen LogP contribution in [-0.2, 0) is 9.59 Å². The van der Waals surface area contributed by atoms with Crippen LogP contribution in [0.5, 0.6) is 0 Å². The Balaban J connectivity index is 1.68. The number of amides is 2. The Hall–Kier alpha value is -2.45. The highest BCUT2D eigenvalue weighted by atomic mass is 32.2. The number of rotatable bonds is 6. The van der Waals surface area contributed by atoms with E-state index in [9.17, 15) is 9.59 Å². The second-order valence-electron chi connectivity index (χ2n) is 6.41. The van der Waals surface area contributed by atoms with Crippen LogP contribution in [0.4, 0.5) is 11.4 Å². The SMILES string of the molecule is CCC(=O)Nc1cc(NC(=O)CSc2ncnc3sc(C)c(C)c23)ccc1C. The third kappa shape index (κ3) is 4.51. The molecule has 1 aromatic carbocycles. The molecule has 0 fully saturated rings. The second-order valence-corrected chi connectivity index (χ2v) is 8.58. The first-order chi connectivity index (χ1) is 13.4. The summed E-state index contributed by atoms with van der Waals surface area (Å²) in [6, 6.07) is 5.48. The van der Waals surface area contributed by atoms with E-state index in [-0.39, 0.29) is 17.6 Å². The molecule has 0 atom stereocenters. The first kappa shape index (κ1) is 20.3. The predicted molar refractivity (Wildman–Crippen MR) is 116 cm³/mol. The Bertz CT molecular complexity index is 1050. The molecule has 3 aromatic rings. The quantitative estimate of drug-likeness (QED) is 0.451. The smallest absolute Gasteiger partial charge is 0.234 e. The van der Waals surface area contributed by atoms with Gasteiger partial charge in [0.1, 0.15) is 16.2 Å². The molecule has 8 heteroatoms. The van der Waals surface area contributed by atoms with Crippen molar-refractivity contribution in [2.75, 3.05) is 16.4 Å². The van der Waals surface area contributed by atoms with Gasteiger partial charge < -0.3 is 10.6 Å². The zero-order valence-corrected chi connectivity index (χ0v) is 17.9. The molecule has 0 aliphatic carbocycles. The zero-order chi connectivity index (χ0) is 20.3. The summed E-state index contributed by atoms with van der Waals surface area (Å²) in [6.45, 7) is 7.84. The molecule has 0 unspecified atom stereocenters. The van der Waals surface area contributed by atoms with Crippen molar-refractivity contribution < 1.29 is 9.59 Å². The maximum absolute atomic E-state index is 12.4. The summed E-state index contributed by atoms with van der Waals surface area (Å²) in [5.74, 6) is 0.0552. The molecule has 0 saturated carbocycles. The first-order valence-corrected chi connectivity index (χ1v) is 10.7. The number of hydrogen-bond donors (Lipinski definition) is 2. The molecule has 0 saturated heterocycles. The maximum atomic E-state index is 12.4. The number of hydrogen-bond acceptors (Lipinski definition) is 6. The molecule has 0 aliphatic rings. The predicted octanol–water partition coefficient (Wildman–Crippen LogP) is 4.70. The summed E-state index contributed by atoms with van der Waals surface area (Å²) < 4.78 is 0. The number of nitrogens with one attached hydrogen (secondary N) is 2. The number of aryl methyl sites for hydroxylation is 3. The molecular weight excluding hydrogens is 392 g/mol. The molecule has 2 heterocycles. The monoisotopic (exact) mass is 414 g/mol. The van der Waals surface area contributed by atoms with Gasteiger partial charge in [0.15, 0.2) is 0 Å². The van der Waals surface area contributed by atoms with Crippen LogP contribution in [0.15, 0.2) is 29.6 Å². The molecule has 0 spiro atoms. The third-order valence-corrected chi connectivity index (χ3v) is 6.49. The number of carbonyl (C=O) groups is 2. The summed E-state index contributed by atoms with van der Waals surface area (Å²) in [7, 11) is 0. The van der Waals surface area contributed by atoms with E-state index in [1.54, 1.807) is 30.7 Å². The van der Waals surface area contributed by atoms with E-state index in [0.717, 1.165) is 20.8 Å². The van der Waals surface area contributed by atoms with Gasteiger partial charge in [-0.2, -0.15) is 0 Å². The lowest BCUT2D eigenvalue weighted by molar-refractivity contribution is -0.116. The topological polar surface area (TPSA) is 84.0 Å². The van der Waals surface area contributed by atoms with E-state index in [0.29, 0.717) is 17.8 Å². The summed E-state index contributed by atoms with van der Waals surface area (Å²) in [4.78, 5) is 34.9. The Morgan fingerprint density at radius 2 is 1.89 bits per heavy atom. The van der Waals surface area contributed by atoms with E-state index < -0.39 is 0 Å². The van der Waals surface area contributed by atoms with E-state index in [1.165, 1.54) is 22.2 Å². The van der Waals surface area contributed by atoms with Crippen molar-refractivity contribution in [1.29, 1.82) is 0 Å². The number of anilines is 2. The molecule has 2 amide bonds. The number of carbonyl (C=O) groups excluding carboxylic acids is 2. The van der Waals surface area contributed by atoms with Crippen molar-refractivity contribution in [1.82, 2.24) is 9.97 Å². The van der Waals surface area contributed by atoms with Gasteiger partial charge in [0.2, 0.25) is 11.8 Å². The van der Waals surface area contributed by atoms with Gasteiger partial charge >= 0.3 is 0 Å². The molecule has 28 heavy (non-hydrogen) atoms. The van der Waals surface area contributed by atoms with Crippen LogP contribution < -0.4 is 10.6 Å². The summed E-state index contributed by atoms with van der Waals surface area (Å²) in [6.07, 6.45) is 1.95. The largest absolute Gasteiger partial charge is 0.326 e. The minimum Gasteiger partial charge on any atom is -0.326 e. The number of thiophene rings is 1. The van der Waals surface area contributed by atoms with Crippen LogP contribution in [0.3, 0.4) is 0 Å². The molecule has 2 N–H and O–H groups in total. The normalized spacial score (nSPS) is 10.9. The van der Waals surface area contributed by atoms with Gasteiger partial charge in [-0.3, -0.25) is 9.59 Å². The van der Waals surface area contributed by atoms with Crippen molar-refractivity contribution in [3.63, 3.8) is 0 Å². The summed E-state index contributed by atoms with van der Waals surface area (Å²) in [5, 5.41) is 7.59. The number of nitrogens with zero attached hydrogens (tertiary/aromatic N) is 2. The fourth-order valence-electron chi connectivity index (χ4n) is 2.66. The molecule has 6 nitrogen and oxygen atoms in total. The number of benzene rings is 1. The van der Waals surface area contributed by atoms with Crippen molar-refractivity contribution in [3.8, 4) is 0 Å². The molecule has 146 valence electrons. The van der Waals surface area contributed by atoms with Crippen LogP contribution in [0, 0.1) is 20.8 Å². The highest BCUT2D eigenvalue weighted by Crippen LogP contribution is 2.34. The number of aromatic nitrogens is 2. The fraction of sp³-hybridized carbons (Fsp3) is 0.300. The molecule has 2 aromatic heterocycles. The van der Waals surface area contributed by atoms with Gasteiger partial charge in [-0.15, -0.1) is 11.3 Å². The van der Waals surface area contributed by atoms with Gasteiger partial charge in [-0.05, 0) is 44.0 Å².